The minimum atomic E-state index is -0.537. The van der Waals surface area contributed by atoms with Gasteiger partial charge in [-0.3, -0.25) is 14.5 Å². The number of halogens is 1. The third kappa shape index (κ3) is 5.57. The molecule has 1 amide bonds. The summed E-state index contributed by atoms with van der Waals surface area (Å²) in [5.41, 5.74) is 10.7. The van der Waals surface area contributed by atoms with Crippen molar-refractivity contribution in [3.8, 4) is 6.07 Å². The van der Waals surface area contributed by atoms with Crippen LogP contribution in [0.25, 0.3) is 0 Å². The molecule has 1 aliphatic heterocycles. The van der Waals surface area contributed by atoms with Crippen LogP contribution in [-0.2, 0) is 9.59 Å². The Labute approximate surface area is 249 Å². The molecule has 8 nitrogen and oxygen atoms in total. The summed E-state index contributed by atoms with van der Waals surface area (Å²) in [6, 6.07) is 17.4. The summed E-state index contributed by atoms with van der Waals surface area (Å²) in [4.78, 5) is 27.9. The quantitative estimate of drug-likeness (QED) is 0.303. The molecule has 0 saturated carbocycles. The van der Waals surface area contributed by atoms with Gasteiger partial charge in [0, 0.05) is 27.9 Å². The number of nitrogens with one attached hydrogen (secondary N) is 1. The molecular weight excluding hydrogens is 608 g/mol. The molecular formula is C29H27BrN6O2S2. The number of carbonyl (C=O) groups excluding carboxylic acids is 2. The minimum absolute atomic E-state index is 0.00785. The molecule has 1 aliphatic carbocycles. The molecule has 5 rings (SSSR count). The van der Waals surface area contributed by atoms with Crippen molar-refractivity contribution in [2.75, 3.05) is 16.0 Å². The SMILES string of the molecule is Cc1ccccc1C1C(C#N)=C(N)N(c2nnc(SCC(=O)Nc3ccc(Br)cc3)s2)C2=C1C(=O)CC(C)(C)C2. The second kappa shape index (κ2) is 11.2. The average Bonchev–Trinajstić information content (AvgIpc) is 3.36. The van der Waals surface area contributed by atoms with Crippen LogP contribution in [0.4, 0.5) is 10.8 Å². The average molecular weight is 636 g/mol. The van der Waals surface area contributed by atoms with Gasteiger partial charge in [0.2, 0.25) is 11.0 Å². The van der Waals surface area contributed by atoms with E-state index in [1.165, 1.54) is 23.1 Å². The lowest BCUT2D eigenvalue weighted by atomic mass is 9.68. The van der Waals surface area contributed by atoms with Crippen molar-refractivity contribution < 1.29 is 9.59 Å². The van der Waals surface area contributed by atoms with Gasteiger partial charge >= 0.3 is 0 Å². The maximum Gasteiger partial charge on any atom is 0.234 e. The molecule has 1 unspecified atom stereocenters. The number of anilines is 2. The lowest BCUT2D eigenvalue weighted by Crippen LogP contribution is -2.42. The van der Waals surface area contributed by atoms with Crippen LogP contribution in [0.5, 0.6) is 0 Å². The summed E-state index contributed by atoms with van der Waals surface area (Å²) in [6.07, 6.45) is 0.971. The smallest absolute Gasteiger partial charge is 0.234 e. The summed E-state index contributed by atoms with van der Waals surface area (Å²) >= 11 is 5.92. The van der Waals surface area contributed by atoms with Crippen LogP contribution in [-0.4, -0.2) is 27.6 Å². The third-order valence-corrected chi connectivity index (χ3v) is 9.49. The van der Waals surface area contributed by atoms with Crippen molar-refractivity contribution in [1.82, 2.24) is 10.2 Å². The van der Waals surface area contributed by atoms with E-state index in [0.29, 0.717) is 39.1 Å². The largest absolute Gasteiger partial charge is 0.384 e. The van der Waals surface area contributed by atoms with E-state index >= 15 is 0 Å². The Balaban J connectivity index is 1.47. The number of Topliss-reactive ketones (excluding diaryl/α,β-unsaturated/α-hetero) is 1. The van der Waals surface area contributed by atoms with Crippen LogP contribution in [0.3, 0.4) is 0 Å². The number of amides is 1. The first-order valence-electron chi connectivity index (χ1n) is 12.6. The molecule has 204 valence electrons. The van der Waals surface area contributed by atoms with Crippen LogP contribution in [0.2, 0.25) is 0 Å². The Bertz CT molecular complexity index is 1600. The van der Waals surface area contributed by atoms with Gasteiger partial charge < -0.3 is 11.1 Å². The molecule has 3 N–H and O–H groups in total. The molecule has 2 heterocycles. The van der Waals surface area contributed by atoms with E-state index < -0.39 is 5.92 Å². The highest BCUT2D eigenvalue weighted by Crippen LogP contribution is 2.51. The maximum absolute atomic E-state index is 13.7. The Hall–Kier alpha value is -3.46. The topological polar surface area (TPSA) is 125 Å². The predicted octanol–water partition coefficient (Wildman–Crippen LogP) is 6.28. The van der Waals surface area contributed by atoms with Crippen molar-refractivity contribution in [3.05, 3.63) is 86.8 Å². The number of benzene rings is 2. The minimum Gasteiger partial charge on any atom is -0.384 e. The number of aromatic nitrogens is 2. The van der Waals surface area contributed by atoms with Gasteiger partial charge in [-0.25, -0.2) is 0 Å². The standard InChI is InChI=1S/C29H27BrN6O2S2/c1-16-6-4-5-7-19(16)24-20(14-31)26(32)36(21-12-29(2,3)13-22(37)25(21)24)27-34-35-28(40-27)39-15-23(38)33-18-10-8-17(30)9-11-18/h4-11,24H,12-13,15,32H2,1-3H3,(H,33,38). The van der Waals surface area contributed by atoms with Gasteiger partial charge in [-0.1, -0.05) is 77.1 Å². The number of allylic oxidation sites excluding steroid dienone is 3. The Morgan fingerprint density at radius 3 is 2.65 bits per heavy atom. The lowest BCUT2D eigenvalue weighted by Gasteiger charge is -2.42. The molecule has 40 heavy (non-hydrogen) atoms. The predicted molar refractivity (Wildman–Crippen MR) is 162 cm³/mol. The molecule has 11 heteroatoms. The van der Waals surface area contributed by atoms with Crippen molar-refractivity contribution in [2.24, 2.45) is 11.1 Å². The second-order valence-electron chi connectivity index (χ2n) is 10.5. The highest BCUT2D eigenvalue weighted by Gasteiger charge is 2.45. The Morgan fingerprint density at radius 2 is 1.95 bits per heavy atom. The van der Waals surface area contributed by atoms with Gasteiger partial charge in [0.25, 0.3) is 0 Å². The lowest BCUT2D eigenvalue weighted by molar-refractivity contribution is -0.118. The van der Waals surface area contributed by atoms with E-state index in [2.05, 4.69) is 51.4 Å². The maximum atomic E-state index is 13.7. The van der Waals surface area contributed by atoms with E-state index in [1.54, 1.807) is 4.90 Å². The molecule has 0 fully saturated rings. The first-order valence-corrected chi connectivity index (χ1v) is 15.2. The van der Waals surface area contributed by atoms with Gasteiger partial charge in [-0.15, -0.1) is 10.2 Å². The zero-order valence-electron chi connectivity index (χ0n) is 22.2. The van der Waals surface area contributed by atoms with Crippen molar-refractivity contribution in [1.29, 1.82) is 5.26 Å². The molecule has 0 bridgehead atoms. The fourth-order valence-corrected chi connectivity index (χ4v) is 7.10. The number of nitriles is 1. The monoisotopic (exact) mass is 634 g/mol. The number of hydrogen-bond donors (Lipinski definition) is 2. The number of carbonyl (C=O) groups is 2. The molecule has 0 spiro atoms. The number of thioether (sulfide) groups is 1. The zero-order valence-corrected chi connectivity index (χ0v) is 25.4. The molecule has 2 aromatic carbocycles. The number of nitrogens with two attached hydrogens (primary N) is 1. The Morgan fingerprint density at radius 1 is 1.23 bits per heavy atom. The van der Waals surface area contributed by atoms with E-state index in [9.17, 15) is 14.9 Å². The second-order valence-corrected chi connectivity index (χ2v) is 13.6. The van der Waals surface area contributed by atoms with E-state index in [1.807, 2.05) is 55.5 Å². The molecule has 3 aromatic rings. The van der Waals surface area contributed by atoms with E-state index in [-0.39, 0.29) is 28.7 Å². The van der Waals surface area contributed by atoms with Crippen LogP contribution < -0.4 is 16.0 Å². The van der Waals surface area contributed by atoms with Gasteiger partial charge in [0.05, 0.1) is 23.3 Å². The summed E-state index contributed by atoms with van der Waals surface area (Å²) < 4.78 is 1.51. The summed E-state index contributed by atoms with van der Waals surface area (Å²) in [5.74, 6) is -0.299. The van der Waals surface area contributed by atoms with Gasteiger partial charge in [-0.2, -0.15) is 5.26 Å². The number of ketones is 1. The van der Waals surface area contributed by atoms with E-state index in [4.69, 9.17) is 5.73 Å². The van der Waals surface area contributed by atoms with Crippen LogP contribution >= 0.6 is 39.0 Å². The first kappa shape index (κ1) is 28.1. The molecule has 0 saturated heterocycles. The molecule has 0 radical (unpaired) electrons. The third-order valence-electron chi connectivity index (χ3n) is 6.92. The van der Waals surface area contributed by atoms with Gasteiger partial charge in [0.15, 0.2) is 10.1 Å². The van der Waals surface area contributed by atoms with Crippen LogP contribution in [0.1, 0.15) is 43.7 Å². The first-order chi connectivity index (χ1) is 19.1. The number of rotatable bonds is 6. The summed E-state index contributed by atoms with van der Waals surface area (Å²) in [5, 5.41) is 22.3. The number of aryl methyl sites for hydroxylation is 1. The van der Waals surface area contributed by atoms with Crippen LogP contribution in [0.15, 0.2) is 80.0 Å². The normalized spacial score (nSPS) is 18.4. The zero-order chi connectivity index (χ0) is 28.6. The number of nitrogens with zero attached hydrogens (tertiary/aromatic N) is 4. The summed E-state index contributed by atoms with van der Waals surface area (Å²) in [7, 11) is 0. The fraction of sp³-hybridized carbons (Fsp3) is 0.276. The Kier molecular flexibility index (Phi) is 7.86. The molecule has 2 aliphatic rings. The van der Waals surface area contributed by atoms with Gasteiger partial charge in [-0.05, 0) is 54.2 Å². The number of hydrogen-bond acceptors (Lipinski definition) is 9. The van der Waals surface area contributed by atoms with Gasteiger partial charge in [0.1, 0.15) is 5.82 Å². The van der Waals surface area contributed by atoms with Crippen LogP contribution in [0, 0.1) is 23.7 Å². The summed E-state index contributed by atoms with van der Waals surface area (Å²) in [6.45, 7) is 6.09. The fourth-order valence-electron chi connectivity index (χ4n) is 5.16. The highest BCUT2D eigenvalue weighted by atomic mass is 79.9. The molecule has 1 aromatic heterocycles. The highest BCUT2D eigenvalue weighted by molar-refractivity contribution is 9.10. The van der Waals surface area contributed by atoms with Crippen molar-refractivity contribution >= 4 is 61.5 Å². The molecule has 1 atom stereocenters. The van der Waals surface area contributed by atoms with E-state index in [0.717, 1.165) is 21.3 Å². The van der Waals surface area contributed by atoms with Crippen molar-refractivity contribution in [2.45, 2.75) is 43.9 Å². The van der Waals surface area contributed by atoms with Crippen molar-refractivity contribution in [3.63, 3.8) is 0 Å².